The number of hydrogen-bond donors (Lipinski definition) is 0. The van der Waals surface area contributed by atoms with Crippen molar-refractivity contribution in [2.45, 2.75) is 33.0 Å². The molecule has 0 aliphatic heterocycles. The molecule has 1 fully saturated rings. The van der Waals surface area contributed by atoms with Crippen LogP contribution in [0.15, 0.2) is 0 Å². The lowest BCUT2D eigenvalue weighted by Gasteiger charge is -2.35. The molecule has 0 aromatic carbocycles. The molecular formula is C10H20O2. The third kappa shape index (κ3) is 1.38. The number of rotatable bonds is 4. The zero-order chi connectivity index (χ0) is 9.35. The summed E-state index contributed by atoms with van der Waals surface area (Å²) in [7, 11) is 3.49. The molecule has 0 heterocycles. The van der Waals surface area contributed by atoms with E-state index in [-0.39, 0.29) is 5.79 Å². The lowest BCUT2D eigenvalue weighted by Crippen LogP contribution is -2.42. The molecule has 2 atom stereocenters. The topological polar surface area (TPSA) is 18.5 Å². The van der Waals surface area contributed by atoms with Gasteiger partial charge in [-0.15, -0.1) is 0 Å². The normalized spacial score (nSPS) is 29.5. The van der Waals surface area contributed by atoms with E-state index in [0.29, 0.717) is 11.8 Å². The zero-order valence-corrected chi connectivity index (χ0v) is 8.76. The number of hydrogen-bond acceptors (Lipinski definition) is 2. The molecule has 2 unspecified atom stereocenters. The van der Waals surface area contributed by atoms with Gasteiger partial charge in [0.15, 0.2) is 5.79 Å². The lowest BCUT2D eigenvalue weighted by atomic mass is 9.96. The molecule has 0 saturated heterocycles. The minimum atomic E-state index is -0.334. The van der Waals surface area contributed by atoms with Gasteiger partial charge in [0.05, 0.1) is 0 Å². The van der Waals surface area contributed by atoms with Gasteiger partial charge < -0.3 is 9.47 Å². The summed E-state index contributed by atoms with van der Waals surface area (Å²) in [5.74, 6) is 1.43. The second-order valence-corrected chi connectivity index (χ2v) is 4.10. The predicted molar refractivity (Wildman–Crippen MR) is 48.9 cm³/mol. The Morgan fingerprint density at radius 2 is 1.67 bits per heavy atom. The Kier molecular flexibility index (Phi) is 2.79. The maximum absolute atomic E-state index is 5.52. The van der Waals surface area contributed by atoms with E-state index in [2.05, 4.69) is 20.8 Å². The van der Waals surface area contributed by atoms with Crippen molar-refractivity contribution in [1.82, 2.24) is 0 Å². The van der Waals surface area contributed by atoms with Crippen molar-refractivity contribution < 1.29 is 9.47 Å². The second-order valence-electron chi connectivity index (χ2n) is 4.10. The van der Waals surface area contributed by atoms with Crippen LogP contribution in [0.4, 0.5) is 0 Å². The van der Waals surface area contributed by atoms with Crippen LogP contribution in [0.25, 0.3) is 0 Å². The van der Waals surface area contributed by atoms with Gasteiger partial charge in [-0.1, -0.05) is 20.8 Å². The highest BCUT2D eigenvalue weighted by Gasteiger charge is 2.53. The van der Waals surface area contributed by atoms with E-state index in [1.807, 2.05) is 0 Å². The van der Waals surface area contributed by atoms with Crippen LogP contribution >= 0.6 is 0 Å². The SMILES string of the molecule is COC(OC)(C(C)C)C1CC1C. The van der Waals surface area contributed by atoms with E-state index in [0.717, 1.165) is 5.92 Å². The van der Waals surface area contributed by atoms with Crippen molar-refractivity contribution in [3.63, 3.8) is 0 Å². The third-order valence-corrected chi connectivity index (χ3v) is 3.07. The van der Waals surface area contributed by atoms with Crippen LogP contribution in [0, 0.1) is 17.8 Å². The Bertz CT molecular complexity index is 150. The minimum Gasteiger partial charge on any atom is -0.353 e. The van der Waals surface area contributed by atoms with Gasteiger partial charge in [0.25, 0.3) is 0 Å². The summed E-state index contributed by atoms with van der Waals surface area (Å²) in [6, 6.07) is 0. The highest BCUT2D eigenvalue weighted by molar-refractivity contribution is 4.96. The van der Waals surface area contributed by atoms with E-state index in [4.69, 9.17) is 9.47 Å². The standard InChI is InChI=1S/C10H20O2/c1-7(2)10(11-4,12-5)9-6-8(9)3/h7-9H,6H2,1-5H3. The van der Waals surface area contributed by atoms with Crippen molar-refractivity contribution in [3.05, 3.63) is 0 Å². The van der Waals surface area contributed by atoms with Crippen molar-refractivity contribution in [3.8, 4) is 0 Å². The molecule has 72 valence electrons. The fourth-order valence-corrected chi connectivity index (χ4v) is 2.17. The maximum Gasteiger partial charge on any atom is 0.172 e. The van der Waals surface area contributed by atoms with Gasteiger partial charge in [-0.05, 0) is 12.3 Å². The average molecular weight is 172 g/mol. The molecule has 1 aliphatic rings. The fourth-order valence-electron chi connectivity index (χ4n) is 2.17. The molecule has 2 heteroatoms. The van der Waals surface area contributed by atoms with Crippen LogP contribution in [0.3, 0.4) is 0 Å². The predicted octanol–water partition coefficient (Wildman–Crippen LogP) is 2.29. The molecule has 1 rings (SSSR count). The molecule has 0 bridgehead atoms. The van der Waals surface area contributed by atoms with Crippen LogP contribution in [0.5, 0.6) is 0 Å². The van der Waals surface area contributed by atoms with Gasteiger partial charge in [0.1, 0.15) is 0 Å². The first-order valence-electron chi connectivity index (χ1n) is 4.68. The second kappa shape index (κ2) is 3.35. The van der Waals surface area contributed by atoms with E-state index >= 15 is 0 Å². The van der Waals surface area contributed by atoms with Crippen molar-refractivity contribution >= 4 is 0 Å². The average Bonchev–Trinajstić information content (AvgIpc) is 2.71. The molecule has 0 N–H and O–H groups in total. The summed E-state index contributed by atoms with van der Waals surface area (Å²) >= 11 is 0. The van der Waals surface area contributed by atoms with Gasteiger partial charge in [0, 0.05) is 26.1 Å². The molecule has 0 amide bonds. The fraction of sp³-hybridized carbons (Fsp3) is 1.00. The molecule has 2 nitrogen and oxygen atoms in total. The Labute approximate surface area is 75.2 Å². The van der Waals surface area contributed by atoms with Gasteiger partial charge in [-0.25, -0.2) is 0 Å². The first kappa shape index (κ1) is 10.0. The highest BCUT2D eigenvalue weighted by Crippen LogP contribution is 2.50. The Hall–Kier alpha value is -0.0800. The Morgan fingerprint density at radius 3 is 1.75 bits per heavy atom. The van der Waals surface area contributed by atoms with Crippen LogP contribution in [-0.2, 0) is 9.47 Å². The lowest BCUT2D eigenvalue weighted by molar-refractivity contribution is -0.249. The van der Waals surface area contributed by atoms with E-state index < -0.39 is 0 Å². The number of ether oxygens (including phenoxy) is 2. The molecule has 1 aliphatic carbocycles. The molecular weight excluding hydrogens is 152 g/mol. The largest absolute Gasteiger partial charge is 0.353 e. The third-order valence-electron chi connectivity index (χ3n) is 3.07. The van der Waals surface area contributed by atoms with Crippen molar-refractivity contribution in [1.29, 1.82) is 0 Å². The van der Waals surface area contributed by atoms with Crippen LogP contribution in [-0.4, -0.2) is 20.0 Å². The van der Waals surface area contributed by atoms with E-state index in [9.17, 15) is 0 Å². The molecule has 0 aromatic heterocycles. The zero-order valence-electron chi connectivity index (χ0n) is 8.76. The monoisotopic (exact) mass is 172 g/mol. The van der Waals surface area contributed by atoms with E-state index in [1.54, 1.807) is 14.2 Å². The molecule has 0 spiro atoms. The molecule has 0 aromatic rings. The van der Waals surface area contributed by atoms with Crippen molar-refractivity contribution in [2.75, 3.05) is 14.2 Å². The summed E-state index contributed by atoms with van der Waals surface area (Å²) in [6.45, 7) is 6.55. The first-order valence-corrected chi connectivity index (χ1v) is 4.68. The van der Waals surface area contributed by atoms with Gasteiger partial charge in [0.2, 0.25) is 0 Å². The molecule has 1 saturated carbocycles. The van der Waals surface area contributed by atoms with Crippen LogP contribution < -0.4 is 0 Å². The summed E-state index contributed by atoms with van der Waals surface area (Å²) in [6.07, 6.45) is 1.24. The summed E-state index contributed by atoms with van der Waals surface area (Å²) in [4.78, 5) is 0. The van der Waals surface area contributed by atoms with Gasteiger partial charge in [-0.3, -0.25) is 0 Å². The highest BCUT2D eigenvalue weighted by atomic mass is 16.7. The summed E-state index contributed by atoms with van der Waals surface area (Å²) in [5.41, 5.74) is 0. The van der Waals surface area contributed by atoms with Gasteiger partial charge >= 0.3 is 0 Å². The molecule has 0 radical (unpaired) electrons. The van der Waals surface area contributed by atoms with Crippen LogP contribution in [0.1, 0.15) is 27.2 Å². The maximum atomic E-state index is 5.52. The Balaban J connectivity index is 2.70. The van der Waals surface area contributed by atoms with Gasteiger partial charge in [-0.2, -0.15) is 0 Å². The molecule has 12 heavy (non-hydrogen) atoms. The summed E-state index contributed by atoms with van der Waals surface area (Å²) < 4.78 is 11.0. The van der Waals surface area contributed by atoms with Crippen molar-refractivity contribution in [2.24, 2.45) is 17.8 Å². The minimum absolute atomic E-state index is 0.334. The first-order chi connectivity index (χ1) is 5.58. The Morgan fingerprint density at radius 1 is 1.25 bits per heavy atom. The van der Waals surface area contributed by atoms with E-state index in [1.165, 1.54) is 6.42 Å². The van der Waals surface area contributed by atoms with Crippen LogP contribution in [0.2, 0.25) is 0 Å². The summed E-state index contributed by atoms with van der Waals surface area (Å²) in [5, 5.41) is 0. The smallest absolute Gasteiger partial charge is 0.172 e. The quantitative estimate of drug-likeness (QED) is 0.606. The number of methoxy groups -OCH3 is 2.